The standard InChI is InChI=1S/C13H26N4O4/c1-3-8-17(4-2)9-7-15-13(21)16-10(12(19)20)5-6-11(14)18/h10H,3-9H2,1-2H3,(H2,14,18)(H,19,20)(H2,15,16,21). The fraction of sp³-hybridized carbons (Fsp3) is 0.769. The van der Waals surface area contributed by atoms with Crippen LogP contribution in [0.15, 0.2) is 0 Å². The maximum atomic E-state index is 11.6. The first-order chi connectivity index (χ1) is 9.90. The Kier molecular flexibility index (Phi) is 9.95. The third-order valence-electron chi connectivity index (χ3n) is 2.98. The predicted molar refractivity (Wildman–Crippen MR) is 78.8 cm³/mol. The number of carbonyl (C=O) groups is 3. The Balaban J connectivity index is 4.08. The van der Waals surface area contributed by atoms with Gasteiger partial charge in [0.05, 0.1) is 0 Å². The van der Waals surface area contributed by atoms with E-state index in [2.05, 4.69) is 22.5 Å². The minimum Gasteiger partial charge on any atom is -0.480 e. The van der Waals surface area contributed by atoms with Gasteiger partial charge in [-0.1, -0.05) is 13.8 Å². The van der Waals surface area contributed by atoms with Crippen LogP contribution in [-0.4, -0.2) is 60.1 Å². The second kappa shape index (κ2) is 10.9. The number of aliphatic carboxylic acids is 1. The van der Waals surface area contributed by atoms with Crippen LogP contribution in [-0.2, 0) is 9.59 Å². The van der Waals surface area contributed by atoms with Crippen LogP contribution in [0.4, 0.5) is 4.79 Å². The van der Waals surface area contributed by atoms with Crippen LogP contribution in [0.1, 0.15) is 33.1 Å². The van der Waals surface area contributed by atoms with Crippen LogP contribution >= 0.6 is 0 Å². The van der Waals surface area contributed by atoms with E-state index < -0.39 is 23.9 Å². The number of carboxylic acid groups (broad SMARTS) is 1. The topological polar surface area (TPSA) is 125 Å². The minimum atomic E-state index is -1.19. The summed E-state index contributed by atoms with van der Waals surface area (Å²) >= 11 is 0. The number of nitrogens with two attached hydrogens (primary N) is 1. The van der Waals surface area contributed by atoms with Crippen molar-refractivity contribution in [3.63, 3.8) is 0 Å². The number of carboxylic acids is 1. The fourth-order valence-corrected chi connectivity index (χ4v) is 1.83. The molecule has 0 aliphatic heterocycles. The maximum Gasteiger partial charge on any atom is 0.326 e. The van der Waals surface area contributed by atoms with E-state index in [4.69, 9.17) is 10.8 Å². The molecule has 0 aromatic heterocycles. The third-order valence-corrected chi connectivity index (χ3v) is 2.98. The lowest BCUT2D eigenvalue weighted by Gasteiger charge is -2.20. The Morgan fingerprint density at radius 2 is 1.90 bits per heavy atom. The molecule has 8 heteroatoms. The molecule has 0 saturated carbocycles. The molecular formula is C13H26N4O4. The minimum absolute atomic E-state index is 0.0188. The fourth-order valence-electron chi connectivity index (χ4n) is 1.83. The van der Waals surface area contributed by atoms with Gasteiger partial charge < -0.3 is 26.4 Å². The molecule has 0 rings (SSSR count). The number of amides is 3. The van der Waals surface area contributed by atoms with E-state index in [1.54, 1.807) is 0 Å². The molecule has 0 aromatic rings. The summed E-state index contributed by atoms with van der Waals surface area (Å²) in [7, 11) is 0. The molecule has 0 heterocycles. The lowest BCUT2D eigenvalue weighted by molar-refractivity contribution is -0.139. The lowest BCUT2D eigenvalue weighted by Crippen LogP contribution is -2.47. The van der Waals surface area contributed by atoms with Crippen molar-refractivity contribution in [2.45, 2.75) is 39.2 Å². The van der Waals surface area contributed by atoms with Gasteiger partial charge in [0.1, 0.15) is 6.04 Å². The Labute approximate surface area is 125 Å². The van der Waals surface area contributed by atoms with Gasteiger partial charge in [0.2, 0.25) is 5.91 Å². The van der Waals surface area contributed by atoms with E-state index >= 15 is 0 Å². The molecule has 0 spiro atoms. The second-order valence-electron chi connectivity index (χ2n) is 4.73. The first kappa shape index (κ1) is 19.2. The number of nitrogens with zero attached hydrogens (tertiary/aromatic N) is 1. The van der Waals surface area contributed by atoms with E-state index in [1.165, 1.54) is 0 Å². The summed E-state index contributed by atoms with van der Waals surface area (Å²) in [4.78, 5) is 35.4. The molecule has 0 bridgehead atoms. The summed E-state index contributed by atoms with van der Waals surface area (Å²) in [5.74, 6) is -1.78. The number of nitrogens with one attached hydrogen (secondary N) is 2. The van der Waals surface area contributed by atoms with E-state index in [1.807, 2.05) is 6.92 Å². The van der Waals surface area contributed by atoms with Crippen LogP contribution in [0.3, 0.4) is 0 Å². The quantitative estimate of drug-likeness (QED) is 0.418. The van der Waals surface area contributed by atoms with E-state index in [9.17, 15) is 14.4 Å². The summed E-state index contributed by atoms with van der Waals surface area (Å²) in [6, 6.07) is -1.67. The highest BCUT2D eigenvalue weighted by atomic mass is 16.4. The van der Waals surface area contributed by atoms with Gasteiger partial charge in [0.15, 0.2) is 0 Å². The van der Waals surface area contributed by atoms with Gasteiger partial charge in [-0.05, 0) is 25.9 Å². The van der Waals surface area contributed by atoms with Crippen molar-refractivity contribution in [2.24, 2.45) is 5.73 Å². The van der Waals surface area contributed by atoms with Gasteiger partial charge in [-0.2, -0.15) is 0 Å². The summed E-state index contributed by atoms with van der Waals surface area (Å²) in [5.41, 5.74) is 4.96. The molecule has 122 valence electrons. The number of hydrogen-bond donors (Lipinski definition) is 4. The number of carbonyl (C=O) groups excluding carboxylic acids is 2. The predicted octanol–water partition coefficient (Wildman–Crippen LogP) is -0.264. The number of likely N-dealkylation sites (N-methyl/N-ethyl adjacent to an activating group) is 1. The van der Waals surface area contributed by atoms with E-state index in [-0.39, 0.29) is 12.8 Å². The molecule has 0 fully saturated rings. The van der Waals surface area contributed by atoms with Crippen LogP contribution in [0.5, 0.6) is 0 Å². The molecule has 5 N–H and O–H groups in total. The second-order valence-corrected chi connectivity index (χ2v) is 4.73. The zero-order chi connectivity index (χ0) is 16.3. The van der Waals surface area contributed by atoms with Crippen LogP contribution < -0.4 is 16.4 Å². The average Bonchev–Trinajstić information content (AvgIpc) is 2.41. The third kappa shape index (κ3) is 9.67. The van der Waals surface area contributed by atoms with Crippen molar-refractivity contribution in [2.75, 3.05) is 26.2 Å². The Hall–Kier alpha value is -1.83. The zero-order valence-electron chi connectivity index (χ0n) is 12.7. The molecule has 0 radical (unpaired) electrons. The van der Waals surface area contributed by atoms with Gasteiger partial charge in [0, 0.05) is 19.5 Å². The molecule has 8 nitrogen and oxygen atoms in total. The monoisotopic (exact) mass is 302 g/mol. The summed E-state index contributed by atoms with van der Waals surface area (Å²) in [6.45, 7) is 7.11. The van der Waals surface area contributed by atoms with Crippen molar-refractivity contribution in [3.05, 3.63) is 0 Å². The zero-order valence-corrected chi connectivity index (χ0v) is 12.7. The largest absolute Gasteiger partial charge is 0.480 e. The van der Waals surface area contributed by atoms with Gasteiger partial charge in [-0.25, -0.2) is 9.59 Å². The van der Waals surface area contributed by atoms with Crippen molar-refractivity contribution in [1.29, 1.82) is 0 Å². The molecular weight excluding hydrogens is 276 g/mol. The molecule has 21 heavy (non-hydrogen) atoms. The molecule has 1 unspecified atom stereocenters. The van der Waals surface area contributed by atoms with Crippen molar-refractivity contribution >= 4 is 17.9 Å². The first-order valence-electron chi connectivity index (χ1n) is 7.18. The lowest BCUT2D eigenvalue weighted by atomic mass is 10.1. The number of urea groups is 1. The van der Waals surface area contributed by atoms with Crippen LogP contribution in [0, 0.1) is 0 Å². The smallest absolute Gasteiger partial charge is 0.326 e. The molecule has 0 aromatic carbocycles. The van der Waals surface area contributed by atoms with Crippen molar-refractivity contribution < 1.29 is 19.5 Å². The summed E-state index contributed by atoms with van der Waals surface area (Å²) in [5, 5.41) is 13.9. The molecule has 0 aliphatic carbocycles. The van der Waals surface area contributed by atoms with Crippen molar-refractivity contribution in [1.82, 2.24) is 15.5 Å². The van der Waals surface area contributed by atoms with Crippen molar-refractivity contribution in [3.8, 4) is 0 Å². The highest BCUT2D eigenvalue weighted by molar-refractivity contribution is 5.83. The Morgan fingerprint density at radius 1 is 1.24 bits per heavy atom. The van der Waals surface area contributed by atoms with E-state index in [0.29, 0.717) is 13.1 Å². The number of primary amides is 1. The first-order valence-corrected chi connectivity index (χ1v) is 7.18. The normalized spacial score (nSPS) is 12.0. The Morgan fingerprint density at radius 3 is 2.38 bits per heavy atom. The average molecular weight is 302 g/mol. The molecule has 0 saturated heterocycles. The number of rotatable bonds is 11. The summed E-state index contributed by atoms with van der Waals surface area (Å²) in [6.07, 6.45) is 0.931. The van der Waals surface area contributed by atoms with Gasteiger partial charge >= 0.3 is 12.0 Å². The molecule has 3 amide bonds. The van der Waals surface area contributed by atoms with Crippen LogP contribution in [0.2, 0.25) is 0 Å². The van der Waals surface area contributed by atoms with Gasteiger partial charge in [0.25, 0.3) is 0 Å². The van der Waals surface area contributed by atoms with Crippen LogP contribution in [0.25, 0.3) is 0 Å². The number of hydrogen-bond acceptors (Lipinski definition) is 4. The maximum absolute atomic E-state index is 11.6. The Bertz CT molecular complexity index is 349. The molecule has 1 atom stereocenters. The SMILES string of the molecule is CCCN(CC)CCNC(=O)NC(CCC(N)=O)C(=O)O. The summed E-state index contributed by atoms with van der Waals surface area (Å²) < 4.78 is 0. The highest BCUT2D eigenvalue weighted by Crippen LogP contribution is 1.97. The highest BCUT2D eigenvalue weighted by Gasteiger charge is 2.20. The van der Waals surface area contributed by atoms with E-state index in [0.717, 1.165) is 19.5 Å². The molecule has 0 aliphatic rings. The van der Waals surface area contributed by atoms with Gasteiger partial charge in [-0.15, -0.1) is 0 Å². The van der Waals surface area contributed by atoms with Gasteiger partial charge in [-0.3, -0.25) is 4.79 Å².